The molecule has 1 unspecified atom stereocenters. The van der Waals surface area contributed by atoms with Crippen LogP contribution in [0.15, 0.2) is 54.6 Å². The lowest BCUT2D eigenvalue weighted by atomic mass is 9.85. The van der Waals surface area contributed by atoms with Gasteiger partial charge >= 0.3 is 12.1 Å². The largest absolute Gasteiger partial charge is 0.479 e. The van der Waals surface area contributed by atoms with E-state index in [1.54, 1.807) is 52.0 Å². The molecule has 0 bridgehead atoms. The number of rotatable bonds is 7. The minimum absolute atomic E-state index is 0.119. The fourth-order valence-corrected chi connectivity index (χ4v) is 2.83. The number of amides is 1. The van der Waals surface area contributed by atoms with Crippen molar-refractivity contribution in [2.75, 3.05) is 0 Å². The first-order valence-electron chi connectivity index (χ1n) is 9.35. The second kappa shape index (κ2) is 8.96. The number of para-hydroxylation sites is 1. The summed E-state index contributed by atoms with van der Waals surface area (Å²) < 4.78 is 10.9. The second-order valence-electron chi connectivity index (χ2n) is 7.62. The molecule has 0 aliphatic heterocycles. The van der Waals surface area contributed by atoms with Crippen LogP contribution >= 0.6 is 0 Å². The number of aliphatic hydroxyl groups is 1. The molecule has 0 fully saturated rings. The summed E-state index contributed by atoms with van der Waals surface area (Å²) in [5.41, 5.74) is -2.97. The molecule has 0 aliphatic carbocycles. The summed E-state index contributed by atoms with van der Waals surface area (Å²) in [5.74, 6) is -0.357. The van der Waals surface area contributed by atoms with Crippen LogP contribution < -0.4 is 10.1 Å². The first-order chi connectivity index (χ1) is 13.6. The van der Waals surface area contributed by atoms with E-state index in [9.17, 15) is 19.8 Å². The molecule has 2 rings (SSSR count). The Labute approximate surface area is 170 Å². The number of ether oxygens (including phenoxy) is 2. The molecule has 0 spiro atoms. The molecular formula is C22H27NO6. The van der Waals surface area contributed by atoms with E-state index >= 15 is 0 Å². The van der Waals surface area contributed by atoms with Gasteiger partial charge in [0.05, 0.1) is 6.04 Å². The van der Waals surface area contributed by atoms with Crippen LogP contribution in [0.25, 0.3) is 0 Å². The predicted octanol–water partition coefficient (Wildman–Crippen LogP) is 4.05. The molecule has 0 heterocycles. The molecule has 3 N–H and O–H groups in total. The van der Waals surface area contributed by atoms with E-state index < -0.39 is 29.3 Å². The summed E-state index contributed by atoms with van der Waals surface area (Å²) in [6.45, 7) is 6.76. The molecule has 0 aromatic heterocycles. The number of benzene rings is 2. The van der Waals surface area contributed by atoms with Gasteiger partial charge in [0.25, 0.3) is 0 Å². The Morgan fingerprint density at radius 1 is 1.00 bits per heavy atom. The van der Waals surface area contributed by atoms with Crippen molar-refractivity contribution in [3.05, 3.63) is 60.2 Å². The van der Waals surface area contributed by atoms with Gasteiger partial charge in [-0.2, -0.15) is 0 Å². The summed E-state index contributed by atoms with van der Waals surface area (Å²) >= 11 is 0. The Morgan fingerprint density at radius 2 is 1.55 bits per heavy atom. The highest BCUT2D eigenvalue weighted by atomic mass is 16.6. The number of carboxylic acids is 1. The van der Waals surface area contributed by atoms with E-state index in [1.165, 1.54) is 12.1 Å². The van der Waals surface area contributed by atoms with Crippen molar-refractivity contribution in [1.29, 1.82) is 0 Å². The van der Waals surface area contributed by atoms with Crippen LogP contribution in [-0.4, -0.2) is 33.9 Å². The normalized spacial score (nSPS) is 14.4. The van der Waals surface area contributed by atoms with E-state index in [1.807, 2.05) is 18.2 Å². The lowest BCUT2D eigenvalue weighted by molar-refractivity contribution is -0.163. The monoisotopic (exact) mass is 401 g/mol. The Morgan fingerprint density at radius 3 is 2.03 bits per heavy atom. The third-order valence-electron chi connectivity index (χ3n) is 4.20. The number of carboxylic acid groups (broad SMARTS) is 1. The summed E-state index contributed by atoms with van der Waals surface area (Å²) in [5, 5.41) is 23.3. The van der Waals surface area contributed by atoms with Crippen LogP contribution in [-0.2, 0) is 15.1 Å². The average Bonchev–Trinajstić information content (AvgIpc) is 2.65. The number of alkyl carbamates (subject to hydrolysis) is 1. The van der Waals surface area contributed by atoms with Gasteiger partial charge in [0.2, 0.25) is 5.60 Å². The summed E-state index contributed by atoms with van der Waals surface area (Å²) in [6, 6.07) is 14.1. The Hall–Kier alpha value is -3.06. The van der Waals surface area contributed by atoms with Crippen molar-refractivity contribution in [3.63, 3.8) is 0 Å². The Bertz CT molecular complexity index is 829. The quantitative estimate of drug-likeness (QED) is 0.646. The fraction of sp³-hybridized carbons (Fsp3) is 0.364. The minimum Gasteiger partial charge on any atom is -0.479 e. The summed E-state index contributed by atoms with van der Waals surface area (Å²) in [7, 11) is 0. The highest BCUT2D eigenvalue weighted by molar-refractivity contribution is 5.81. The van der Waals surface area contributed by atoms with E-state index in [4.69, 9.17) is 9.47 Å². The number of hydrogen-bond donors (Lipinski definition) is 3. The second-order valence-corrected chi connectivity index (χ2v) is 7.62. The maximum Gasteiger partial charge on any atom is 0.407 e. The summed E-state index contributed by atoms with van der Waals surface area (Å²) in [6.07, 6.45) is -0.627. The zero-order valence-corrected chi connectivity index (χ0v) is 17.0. The molecule has 1 amide bonds. The maximum absolute atomic E-state index is 12.1. The van der Waals surface area contributed by atoms with Crippen LogP contribution in [0.1, 0.15) is 39.7 Å². The van der Waals surface area contributed by atoms with Crippen LogP contribution in [0.3, 0.4) is 0 Å². The molecule has 2 aromatic carbocycles. The molecular weight excluding hydrogens is 374 g/mol. The molecule has 7 nitrogen and oxygen atoms in total. The number of carbonyl (C=O) groups excluding carboxylic acids is 1. The van der Waals surface area contributed by atoms with Crippen LogP contribution in [0, 0.1) is 0 Å². The van der Waals surface area contributed by atoms with Crippen molar-refractivity contribution in [3.8, 4) is 11.5 Å². The number of carbonyl (C=O) groups is 2. The summed E-state index contributed by atoms with van der Waals surface area (Å²) in [4.78, 5) is 24.1. The highest BCUT2D eigenvalue weighted by Crippen LogP contribution is 2.30. The van der Waals surface area contributed by atoms with Crippen LogP contribution in [0.2, 0.25) is 0 Å². The lowest BCUT2D eigenvalue weighted by Gasteiger charge is -2.33. The standard InChI is InChI=1S/C22H27NO6/c1-5-18(23-20(26)29-21(2,3)4)22(27,19(24)25)15-11-13-17(14-12-15)28-16-9-7-6-8-10-16/h6-14,18,27H,5H2,1-4H3,(H,23,26)(H,24,25)/t18?,22-/m1/s1. The zero-order chi connectivity index (χ0) is 21.7. The topological polar surface area (TPSA) is 105 Å². The molecule has 2 aromatic rings. The molecule has 7 heteroatoms. The first-order valence-corrected chi connectivity index (χ1v) is 9.35. The number of aliphatic carboxylic acids is 1. The van der Waals surface area contributed by atoms with Crippen LogP contribution in [0.5, 0.6) is 11.5 Å². The van der Waals surface area contributed by atoms with E-state index in [0.717, 1.165) is 0 Å². The van der Waals surface area contributed by atoms with Crippen LogP contribution in [0.4, 0.5) is 4.79 Å². The molecule has 29 heavy (non-hydrogen) atoms. The van der Waals surface area contributed by atoms with Gasteiger partial charge in [-0.3, -0.25) is 0 Å². The third-order valence-corrected chi connectivity index (χ3v) is 4.20. The Balaban J connectivity index is 2.25. The first kappa shape index (κ1) is 22.2. The predicted molar refractivity (Wildman–Crippen MR) is 108 cm³/mol. The van der Waals surface area contributed by atoms with Gasteiger partial charge in [-0.1, -0.05) is 37.3 Å². The molecule has 0 aliphatic rings. The lowest BCUT2D eigenvalue weighted by Crippen LogP contribution is -2.55. The molecule has 0 saturated heterocycles. The van der Waals surface area contributed by atoms with Gasteiger partial charge in [0, 0.05) is 0 Å². The Kier molecular flexibility index (Phi) is 6.87. The van der Waals surface area contributed by atoms with Crippen molar-refractivity contribution in [2.24, 2.45) is 0 Å². The van der Waals surface area contributed by atoms with E-state index in [-0.39, 0.29) is 12.0 Å². The molecule has 156 valence electrons. The van der Waals surface area contributed by atoms with Gasteiger partial charge in [0.1, 0.15) is 17.1 Å². The fourth-order valence-electron chi connectivity index (χ4n) is 2.83. The smallest absolute Gasteiger partial charge is 0.407 e. The number of hydrogen-bond acceptors (Lipinski definition) is 5. The SMILES string of the molecule is CCC(NC(=O)OC(C)(C)C)[C@@](O)(C(=O)O)c1ccc(Oc2ccccc2)cc1. The highest BCUT2D eigenvalue weighted by Gasteiger charge is 2.46. The molecule has 0 saturated carbocycles. The third kappa shape index (κ3) is 5.71. The van der Waals surface area contributed by atoms with E-state index in [2.05, 4.69) is 5.32 Å². The maximum atomic E-state index is 12.1. The van der Waals surface area contributed by atoms with Gasteiger partial charge in [-0.15, -0.1) is 0 Å². The molecule has 2 atom stereocenters. The van der Waals surface area contributed by atoms with Crippen molar-refractivity contribution in [1.82, 2.24) is 5.32 Å². The van der Waals surface area contributed by atoms with Crippen molar-refractivity contribution in [2.45, 2.75) is 51.4 Å². The van der Waals surface area contributed by atoms with Gasteiger partial charge in [-0.25, -0.2) is 9.59 Å². The van der Waals surface area contributed by atoms with Crippen molar-refractivity contribution >= 4 is 12.1 Å². The number of nitrogens with one attached hydrogen (secondary N) is 1. The minimum atomic E-state index is -2.34. The van der Waals surface area contributed by atoms with E-state index in [0.29, 0.717) is 11.5 Å². The average molecular weight is 401 g/mol. The van der Waals surface area contributed by atoms with Gasteiger partial charge < -0.3 is 25.0 Å². The molecule has 0 radical (unpaired) electrons. The van der Waals surface area contributed by atoms with Crippen molar-refractivity contribution < 1.29 is 29.3 Å². The zero-order valence-electron chi connectivity index (χ0n) is 17.0. The van der Waals surface area contributed by atoms with Gasteiger partial charge in [-0.05, 0) is 57.0 Å². The van der Waals surface area contributed by atoms with Gasteiger partial charge in [0.15, 0.2) is 0 Å².